The number of imidazole rings is 1. The van der Waals surface area contributed by atoms with Crippen molar-refractivity contribution in [2.24, 2.45) is 0 Å². The fourth-order valence-corrected chi connectivity index (χ4v) is 4.83. The zero-order valence-electron chi connectivity index (χ0n) is 17.6. The summed E-state index contributed by atoms with van der Waals surface area (Å²) in [4.78, 5) is 13.7. The fraction of sp³-hybridized carbons (Fsp3) is 0.476. The maximum atomic E-state index is 13.3. The van der Waals surface area contributed by atoms with E-state index in [1.54, 1.807) is 6.20 Å². The van der Waals surface area contributed by atoms with E-state index < -0.39 is 23.2 Å². The number of nitrogens with one attached hydrogen (secondary N) is 1. The molecule has 1 unspecified atom stereocenters. The highest BCUT2D eigenvalue weighted by Gasteiger charge is 2.47. The third-order valence-corrected chi connectivity index (χ3v) is 6.37. The second-order valence-corrected chi connectivity index (χ2v) is 8.25. The maximum absolute atomic E-state index is 13.3. The van der Waals surface area contributed by atoms with E-state index in [0.29, 0.717) is 25.4 Å². The molecule has 3 N–H and O–H groups in total. The monoisotopic (exact) mass is 447 g/mol. The minimum Gasteiger partial charge on any atom is -0.383 e. The number of anilines is 1. The predicted octanol–water partition coefficient (Wildman–Crippen LogP) is 3.35. The molecule has 1 fully saturated rings. The van der Waals surface area contributed by atoms with Gasteiger partial charge in [0, 0.05) is 37.2 Å². The highest BCUT2D eigenvalue weighted by molar-refractivity contribution is 5.63. The molecule has 0 saturated carbocycles. The van der Waals surface area contributed by atoms with Gasteiger partial charge in [-0.15, -0.1) is 0 Å². The summed E-state index contributed by atoms with van der Waals surface area (Å²) >= 11 is 0. The van der Waals surface area contributed by atoms with Crippen molar-refractivity contribution in [1.29, 1.82) is 0 Å². The molecular weight excluding hydrogens is 423 g/mol. The Morgan fingerprint density at radius 1 is 1.28 bits per heavy atom. The number of aromatic amines is 1. The highest BCUT2D eigenvalue weighted by Crippen LogP contribution is 2.43. The van der Waals surface area contributed by atoms with Crippen molar-refractivity contribution in [3.8, 4) is 11.3 Å². The number of rotatable bonds is 4. The first-order valence-electron chi connectivity index (χ1n) is 10.6. The summed E-state index contributed by atoms with van der Waals surface area (Å²) in [5.74, 6) is 0.377. The summed E-state index contributed by atoms with van der Waals surface area (Å²) in [5.41, 5.74) is 5.52. The van der Waals surface area contributed by atoms with Gasteiger partial charge in [0.05, 0.1) is 36.1 Å². The first-order valence-corrected chi connectivity index (χ1v) is 10.6. The smallest absolute Gasteiger partial charge is 0.383 e. The van der Waals surface area contributed by atoms with Gasteiger partial charge in [-0.3, -0.25) is 9.58 Å². The molecule has 0 amide bonds. The molecule has 1 spiro atoms. The molecule has 1 saturated heterocycles. The molecule has 5 heterocycles. The van der Waals surface area contributed by atoms with E-state index in [4.69, 9.17) is 10.5 Å². The van der Waals surface area contributed by atoms with Crippen LogP contribution in [-0.2, 0) is 23.1 Å². The van der Waals surface area contributed by atoms with Crippen LogP contribution in [0, 0.1) is 0 Å². The number of halogens is 3. The third-order valence-electron chi connectivity index (χ3n) is 6.37. The van der Waals surface area contributed by atoms with Crippen LogP contribution >= 0.6 is 0 Å². The number of H-pyrrole nitrogens is 1. The minimum atomic E-state index is -4.58. The highest BCUT2D eigenvalue weighted by atomic mass is 19.4. The third kappa shape index (κ3) is 3.45. The van der Waals surface area contributed by atoms with Crippen molar-refractivity contribution in [2.75, 3.05) is 25.4 Å². The van der Waals surface area contributed by atoms with Crippen LogP contribution in [0.5, 0.6) is 0 Å². The lowest BCUT2D eigenvalue weighted by Crippen LogP contribution is -2.41. The van der Waals surface area contributed by atoms with Crippen LogP contribution in [0.3, 0.4) is 0 Å². The Hall–Kier alpha value is -2.92. The predicted molar refractivity (Wildman–Crippen MR) is 110 cm³/mol. The lowest BCUT2D eigenvalue weighted by molar-refractivity contribution is -0.137. The number of alkyl halides is 3. The van der Waals surface area contributed by atoms with Crippen molar-refractivity contribution in [1.82, 2.24) is 29.6 Å². The zero-order valence-corrected chi connectivity index (χ0v) is 17.6. The van der Waals surface area contributed by atoms with E-state index in [1.807, 2.05) is 16.9 Å². The number of ether oxygens (including phenoxy) is 1. The molecule has 2 atom stereocenters. The number of pyridine rings is 1. The van der Waals surface area contributed by atoms with E-state index in [1.165, 1.54) is 6.20 Å². The van der Waals surface area contributed by atoms with E-state index in [-0.39, 0.29) is 11.6 Å². The molecule has 32 heavy (non-hydrogen) atoms. The average Bonchev–Trinajstić information content (AvgIpc) is 3.50. The molecule has 2 aliphatic rings. The summed E-state index contributed by atoms with van der Waals surface area (Å²) in [7, 11) is 0. The number of hydrogen-bond donors (Lipinski definition) is 2. The van der Waals surface area contributed by atoms with Gasteiger partial charge in [0.2, 0.25) is 0 Å². The first-order chi connectivity index (χ1) is 15.3. The topological polar surface area (TPSA) is 97.9 Å². The molecule has 5 rings (SSSR count). The molecule has 8 nitrogen and oxygen atoms in total. The molecule has 3 aromatic heterocycles. The number of nitrogen functional groups attached to an aromatic ring is 1. The molecule has 0 aromatic carbocycles. The van der Waals surface area contributed by atoms with Crippen molar-refractivity contribution in [3.05, 3.63) is 47.8 Å². The van der Waals surface area contributed by atoms with Crippen LogP contribution in [0.15, 0.2) is 30.7 Å². The van der Waals surface area contributed by atoms with E-state index in [2.05, 4.69) is 31.9 Å². The Morgan fingerprint density at radius 2 is 2.12 bits per heavy atom. The van der Waals surface area contributed by atoms with Crippen molar-refractivity contribution in [3.63, 3.8) is 0 Å². The Balaban J connectivity index is 1.47. The molecule has 11 heteroatoms. The number of nitrogens with zero attached hydrogens (tertiary/aromatic N) is 5. The quantitative estimate of drug-likeness (QED) is 0.637. The van der Waals surface area contributed by atoms with Gasteiger partial charge in [-0.05, 0) is 25.0 Å². The SMILES string of the molecule is CC[C@@H](c1ncc[nH]1)N1CCC2(C1)OCCn1nc(-c3cnc(N)c(C(F)(F)F)c3)cc12. The van der Waals surface area contributed by atoms with Gasteiger partial charge in [0.15, 0.2) is 0 Å². The minimum absolute atomic E-state index is 0.140. The normalized spacial score (nSPS) is 22.4. The van der Waals surface area contributed by atoms with E-state index in [0.717, 1.165) is 37.0 Å². The summed E-state index contributed by atoms with van der Waals surface area (Å²) in [6.07, 6.45) is 1.98. The fourth-order valence-electron chi connectivity index (χ4n) is 4.83. The number of aromatic nitrogens is 5. The van der Waals surface area contributed by atoms with Crippen LogP contribution in [-0.4, -0.2) is 49.3 Å². The lowest BCUT2D eigenvalue weighted by atomic mass is 9.96. The largest absolute Gasteiger partial charge is 0.419 e. The Kier molecular flexibility index (Phi) is 4.97. The van der Waals surface area contributed by atoms with E-state index >= 15 is 0 Å². The Bertz CT molecular complexity index is 1110. The van der Waals surface area contributed by atoms with Crippen molar-refractivity contribution in [2.45, 2.75) is 44.1 Å². The standard InChI is InChI=1S/C21H24F3N7O/c1-2-16(19-26-4-5-27-19)30-6-3-20(12-30)17-10-15(29-31(17)7-8-32-20)13-9-14(21(22,23)24)18(25)28-11-13/h4-5,9-11,16H,2-3,6-8,12H2,1H3,(H2,25,28)(H,26,27)/t16-,20?/m0/s1. The van der Waals surface area contributed by atoms with Gasteiger partial charge in [-0.1, -0.05) is 6.92 Å². The van der Waals surface area contributed by atoms with Gasteiger partial charge in [0.1, 0.15) is 17.2 Å². The van der Waals surface area contributed by atoms with Crippen LogP contribution in [0.4, 0.5) is 19.0 Å². The molecule has 2 aliphatic heterocycles. The van der Waals surface area contributed by atoms with Crippen LogP contribution in [0.2, 0.25) is 0 Å². The molecule has 0 aliphatic carbocycles. The molecule has 170 valence electrons. The Morgan fingerprint density at radius 3 is 2.84 bits per heavy atom. The summed E-state index contributed by atoms with van der Waals surface area (Å²) in [6.45, 7) is 4.63. The molecule has 0 radical (unpaired) electrons. The van der Waals surface area contributed by atoms with Gasteiger partial charge in [-0.25, -0.2) is 9.97 Å². The number of nitrogens with two attached hydrogens (primary N) is 1. The number of fused-ring (bicyclic) bond motifs is 2. The second-order valence-electron chi connectivity index (χ2n) is 8.25. The zero-order chi connectivity index (χ0) is 22.5. The summed E-state index contributed by atoms with van der Waals surface area (Å²) in [5, 5.41) is 4.58. The Labute approximate surface area is 182 Å². The average molecular weight is 447 g/mol. The van der Waals surface area contributed by atoms with Gasteiger partial charge in [0.25, 0.3) is 0 Å². The van der Waals surface area contributed by atoms with Crippen LogP contribution in [0.1, 0.15) is 42.9 Å². The van der Waals surface area contributed by atoms with Crippen molar-refractivity contribution >= 4 is 5.82 Å². The van der Waals surface area contributed by atoms with Crippen molar-refractivity contribution < 1.29 is 17.9 Å². The number of likely N-dealkylation sites (tertiary alicyclic amines) is 1. The van der Waals surface area contributed by atoms with Gasteiger partial charge >= 0.3 is 6.18 Å². The van der Waals surface area contributed by atoms with Crippen LogP contribution in [0.25, 0.3) is 11.3 Å². The lowest BCUT2D eigenvalue weighted by Gasteiger charge is -2.35. The van der Waals surface area contributed by atoms with E-state index in [9.17, 15) is 13.2 Å². The number of hydrogen-bond acceptors (Lipinski definition) is 6. The second kappa shape index (κ2) is 7.59. The molecular formula is C21H24F3N7O. The first kappa shape index (κ1) is 21.0. The maximum Gasteiger partial charge on any atom is 0.419 e. The summed E-state index contributed by atoms with van der Waals surface area (Å²) < 4.78 is 48.0. The summed E-state index contributed by atoms with van der Waals surface area (Å²) in [6, 6.07) is 2.97. The molecule has 3 aromatic rings. The van der Waals surface area contributed by atoms with Gasteiger partial charge in [-0.2, -0.15) is 18.3 Å². The van der Waals surface area contributed by atoms with Gasteiger partial charge < -0.3 is 15.5 Å². The van der Waals surface area contributed by atoms with Crippen LogP contribution < -0.4 is 5.73 Å². The molecule has 0 bridgehead atoms.